The number of rotatable bonds is 2. The number of alkyl halides is 1. The van der Waals surface area contributed by atoms with Crippen LogP contribution in [0, 0.1) is 0 Å². The summed E-state index contributed by atoms with van der Waals surface area (Å²) in [7, 11) is 0. The van der Waals surface area contributed by atoms with Crippen LogP contribution in [0.2, 0.25) is 5.02 Å². The van der Waals surface area contributed by atoms with E-state index in [0.29, 0.717) is 6.04 Å². The number of fused-ring (bicyclic) bond motifs is 1. The molecular weight excluding hydrogens is 291 g/mol. The van der Waals surface area contributed by atoms with Crippen LogP contribution in [-0.2, 0) is 0 Å². The van der Waals surface area contributed by atoms with Gasteiger partial charge >= 0.3 is 0 Å². The summed E-state index contributed by atoms with van der Waals surface area (Å²) in [6, 6.07) is 6.41. The van der Waals surface area contributed by atoms with Crippen molar-refractivity contribution in [2.75, 3.05) is 0 Å². The molecule has 20 heavy (non-hydrogen) atoms. The van der Waals surface area contributed by atoms with Crippen LogP contribution in [0.3, 0.4) is 0 Å². The Labute approximate surface area is 130 Å². The highest BCUT2D eigenvalue weighted by Gasteiger charge is 2.23. The highest BCUT2D eigenvalue weighted by molar-refractivity contribution is 6.35. The van der Waals surface area contributed by atoms with Crippen molar-refractivity contribution in [1.82, 2.24) is 9.55 Å². The Morgan fingerprint density at radius 3 is 2.55 bits per heavy atom. The van der Waals surface area contributed by atoms with Crippen LogP contribution in [0.4, 0.5) is 0 Å². The Morgan fingerprint density at radius 2 is 1.90 bits per heavy atom. The van der Waals surface area contributed by atoms with Gasteiger partial charge in [-0.05, 0) is 31.9 Å². The second-order valence-corrected chi connectivity index (χ2v) is 6.77. The molecule has 1 aliphatic carbocycles. The molecule has 0 amide bonds. The first-order chi connectivity index (χ1) is 9.68. The topological polar surface area (TPSA) is 17.8 Å². The monoisotopic (exact) mass is 310 g/mol. The summed E-state index contributed by atoms with van der Waals surface area (Å²) in [6.07, 6.45) is 7.64. The number of imidazole rings is 1. The summed E-state index contributed by atoms with van der Waals surface area (Å²) in [6.45, 7) is 1.99. The van der Waals surface area contributed by atoms with Crippen LogP contribution in [0.1, 0.15) is 62.7 Å². The Bertz CT molecular complexity index is 596. The zero-order valence-electron chi connectivity index (χ0n) is 11.8. The largest absolute Gasteiger partial charge is 0.322 e. The fourth-order valence-electron chi connectivity index (χ4n) is 3.29. The van der Waals surface area contributed by atoms with E-state index >= 15 is 0 Å². The van der Waals surface area contributed by atoms with Gasteiger partial charge in [-0.3, -0.25) is 0 Å². The molecule has 0 radical (unpaired) electrons. The SMILES string of the molecule is CC(Cl)c1nc2cccc(Cl)c2n1C1CCCCCC1. The van der Waals surface area contributed by atoms with Crippen molar-refractivity contribution in [2.45, 2.75) is 56.9 Å². The Morgan fingerprint density at radius 1 is 1.20 bits per heavy atom. The third-order valence-corrected chi connectivity index (χ3v) is 4.73. The van der Waals surface area contributed by atoms with Gasteiger partial charge in [0.05, 0.1) is 21.4 Å². The van der Waals surface area contributed by atoms with Crippen LogP contribution in [0.25, 0.3) is 11.0 Å². The number of benzene rings is 1. The van der Waals surface area contributed by atoms with Crippen molar-refractivity contribution in [3.63, 3.8) is 0 Å². The maximum Gasteiger partial charge on any atom is 0.128 e. The highest BCUT2D eigenvalue weighted by atomic mass is 35.5. The average Bonchev–Trinajstić information content (AvgIpc) is 2.63. The number of aromatic nitrogens is 2. The maximum atomic E-state index is 6.44. The summed E-state index contributed by atoms with van der Waals surface area (Å²) < 4.78 is 2.32. The Balaban J connectivity index is 2.17. The molecule has 0 spiro atoms. The summed E-state index contributed by atoms with van der Waals surface area (Å²) in [5, 5.41) is 0.685. The van der Waals surface area contributed by atoms with Crippen LogP contribution in [0.5, 0.6) is 0 Å². The van der Waals surface area contributed by atoms with Crippen LogP contribution >= 0.6 is 23.2 Å². The molecule has 1 fully saturated rings. The zero-order chi connectivity index (χ0) is 14.1. The second kappa shape index (κ2) is 5.95. The molecule has 0 N–H and O–H groups in total. The Hall–Kier alpha value is -0.730. The Kier molecular flexibility index (Phi) is 4.23. The van der Waals surface area contributed by atoms with Crippen molar-refractivity contribution in [3.8, 4) is 0 Å². The fourth-order valence-corrected chi connectivity index (χ4v) is 3.71. The summed E-state index contributed by atoms with van der Waals surface area (Å²) >= 11 is 12.8. The molecule has 0 saturated heterocycles. The number of para-hydroxylation sites is 1. The highest BCUT2D eigenvalue weighted by Crippen LogP contribution is 2.37. The number of hydrogen-bond donors (Lipinski definition) is 0. The van der Waals surface area contributed by atoms with E-state index in [0.717, 1.165) is 21.9 Å². The molecule has 1 atom stereocenters. The first kappa shape index (κ1) is 14.2. The van der Waals surface area contributed by atoms with Gasteiger partial charge in [-0.25, -0.2) is 4.98 Å². The van der Waals surface area contributed by atoms with Gasteiger partial charge in [-0.15, -0.1) is 11.6 Å². The van der Waals surface area contributed by atoms with E-state index in [-0.39, 0.29) is 5.38 Å². The fraction of sp³-hybridized carbons (Fsp3) is 0.562. The van der Waals surface area contributed by atoms with E-state index in [1.807, 2.05) is 25.1 Å². The molecular formula is C16H20Cl2N2. The molecule has 1 aliphatic rings. The number of nitrogens with zero attached hydrogens (tertiary/aromatic N) is 2. The standard InChI is InChI=1S/C16H20Cl2N2/c1-11(17)16-19-14-10-6-9-13(18)15(14)20(16)12-7-4-2-3-5-8-12/h6,9-12H,2-5,7-8H2,1H3. The summed E-state index contributed by atoms with van der Waals surface area (Å²) in [5.74, 6) is 0.960. The van der Waals surface area contributed by atoms with Gasteiger partial charge in [-0.2, -0.15) is 0 Å². The van der Waals surface area contributed by atoms with Gasteiger partial charge in [0.1, 0.15) is 5.82 Å². The van der Waals surface area contributed by atoms with Gasteiger partial charge in [0.25, 0.3) is 0 Å². The van der Waals surface area contributed by atoms with E-state index in [4.69, 9.17) is 28.2 Å². The van der Waals surface area contributed by atoms with Gasteiger partial charge in [0.2, 0.25) is 0 Å². The van der Waals surface area contributed by atoms with Gasteiger partial charge in [-0.1, -0.05) is 43.4 Å². The third kappa shape index (κ3) is 2.56. The lowest BCUT2D eigenvalue weighted by atomic mass is 10.1. The van der Waals surface area contributed by atoms with Crippen molar-refractivity contribution in [1.29, 1.82) is 0 Å². The molecule has 1 saturated carbocycles. The first-order valence-electron chi connectivity index (χ1n) is 7.49. The van der Waals surface area contributed by atoms with Crippen LogP contribution in [-0.4, -0.2) is 9.55 Å². The number of halogens is 2. The van der Waals surface area contributed by atoms with E-state index in [1.54, 1.807) is 0 Å². The molecule has 3 rings (SSSR count). The van der Waals surface area contributed by atoms with Gasteiger partial charge in [0.15, 0.2) is 0 Å². The molecule has 4 heteroatoms. The molecule has 1 aromatic heterocycles. The van der Waals surface area contributed by atoms with Gasteiger partial charge < -0.3 is 4.57 Å². The van der Waals surface area contributed by atoms with E-state index in [2.05, 4.69) is 4.57 Å². The van der Waals surface area contributed by atoms with Crippen molar-refractivity contribution >= 4 is 34.2 Å². The van der Waals surface area contributed by atoms with E-state index in [1.165, 1.54) is 38.5 Å². The summed E-state index contributed by atoms with van der Waals surface area (Å²) in [5.41, 5.74) is 2.02. The third-order valence-electron chi connectivity index (χ3n) is 4.23. The van der Waals surface area contributed by atoms with Crippen molar-refractivity contribution in [3.05, 3.63) is 29.0 Å². The lowest BCUT2D eigenvalue weighted by Gasteiger charge is -2.21. The van der Waals surface area contributed by atoms with Crippen LogP contribution in [0.15, 0.2) is 18.2 Å². The van der Waals surface area contributed by atoms with Gasteiger partial charge in [0, 0.05) is 6.04 Å². The first-order valence-corrected chi connectivity index (χ1v) is 8.30. The molecule has 2 aromatic rings. The molecule has 2 nitrogen and oxygen atoms in total. The predicted molar refractivity (Wildman–Crippen MR) is 85.8 cm³/mol. The minimum absolute atomic E-state index is 0.0956. The minimum Gasteiger partial charge on any atom is -0.322 e. The minimum atomic E-state index is -0.0956. The summed E-state index contributed by atoms with van der Waals surface area (Å²) in [4.78, 5) is 4.73. The average molecular weight is 311 g/mol. The van der Waals surface area contributed by atoms with Crippen molar-refractivity contribution in [2.24, 2.45) is 0 Å². The molecule has 1 unspecified atom stereocenters. The smallest absolute Gasteiger partial charge is 0.128 e. The van der Waals surface area contributed by atoms with E-state index < -0.39 is 0 Å². The zero-order valence-corrected chi connectivity index (χ0v) is 13.3. The van der Waals surface area contributed by atoms with Crippen LogP contribution < -0.4 is 0 Å². The molecule has 1 aromatic carbocycles. The lowest BCUT2D eigenvalue weighted by molar-refractivity contribution is 0.440. The second-order valence-electron chi connectivity index (χ2n) is 5.71. The van der Waals surface area contributed by atoms with E-state index in [9.17, 15) is 0 Å². The molecule has 0 bridgehead atoms. The normalized spacial score (nSPS) is 19.1. The predicted octanol–water partition coefficient (Wildman–Crippen LogP) is 5.88. The lowest BCUT2D eigenvalue weighted by Crippen LogP contribution is -2.12. The molecule has 108 valence electrons. The maximum absolute atomic E-state index is 6.44. The molecule has 0 aliphatic heterocycles. The number of hydrogen-bond acceptors (Lipinski definition) is 1. The molecule has 1 heterocycles. The quantitative estimate of drug-likeness (QED) is 0.500. The van der Waals surface area contributed by atoms with Crippen molar-refractivity contribution < 1.29 is 0 Å².